The summed E-state index contributed by atoms with van der Waals surface area (Å²) < 4.78 is 0. The van der Waals surface area contributed by atoms with Gasteiger partial charge >= 0.3 is 0 Å². The van der Waals surface area contributed by atoms with E-state index in [0.29, 0.717) is 11.9 Å². The zero-order valence-corrected chi connectivity index (χ0v) is 11.3. The molecule has 1 unspecified atom stereocenters. The summed E-state index contributed by atoms with van der Waals surface area (Å²) in [6.45, 7) is 2.10. The van der Waals surface area contributed by atoms with Gasteiger partial charge in [-0.25, -0.2) is 0 Å². The summed E-state index contributed by atoms with van der Waals surface area (Å²) >= 11 is 0. The first kappa shape index (κ1) is 12.9. The summed E-state index contributed by atoms with van der Waals surface area (Å²) in [5.41, 5.74) is 0. The molecule has 1 atom stereocenters. The number of hydrogen-bond donors (Lipinski definition) is 0. The fourth-order valence-corrected chi connectivity index (χ4v) is 3.30. The summed E-state index contributed by atoms with van der Waals surface area (Å²) in [5, 5.41) is 0. The summed E-state index contributed by atoms with van der Waals surface area (Å²) in [7, 11) is 4.15. The van der Waals surface area contributed by atoms with Crippen LogP contribution in [0.2, 0.25) is 0 Å². The molecule has 0 aromatic heterocycles. The van der Waals surface area contributed by atoms with Gasteiger partial charge < -0.3 is 9.80 Å². The molecule has 0 spiro atoms. The molecule has 98 valence electrons. The highest BCUT2D eigenvalue weighted by molar-refractivity contribution is 5.79. The molecule has 0 bridgehead atoms. The SMILES string of the molecule is CN1CCCC(C(=O)N(C)C2CCCCC2)C1. The first-order valence-corrected chi connectivity index (χ1v) is 7.13. The van der Waals surface area contributed by atoms with Crippen LogP contribution in [0.25, 0.3) is 0 Å². The molecule has 1 aliphatic carbocycles. The second-order valence-electron chi connectivity index (χ2n) is 5.84. The van der Waals surface area contributed by atoms with Crippen LogP contribution in [-0.2, 0) is 4.79 Å². The second kappa shape index (κ2) is 5.85. The van der Waals surface area contributed by atoms with Crippen LogP contribution in [-0.4, -0.2) is 48.9 Å². The number of nitrogens with zero attached hydrogens (tertiary/aromatic N) is 2. The van der Waals surface area contributed by atoms with Crippen molar-refractivity contribution >= 4 is 5.91 Å². The molecule has 1 aliphatic heterocycles. The van der Waals surface area contributed by atoms with Crippen LogP contribution in [0, 0.1) is 5.92 Å². The van der Waals surface area contributed by atoms with Gasteiger partial charge in [0, 0.05) is 19.6 Å². The number of rotatable bonds is 2. The number of amides is 1. The maximum Gasteiger partial charge on any atom is 0.226 e. The van der Waals surface area contributed by atoms with Crippen molar-refractivity contribution in [1.29, 1.82) is 0 Å². The first-order valence-electron chi connectivity index (χ1n) is 7.13. The van der Waals surface area contributed by atoms with E-state index in [9.17, 15) is 4.79 Å². The van der Waals surface area contributed by atoms with E-state index < -0.39 is 0 Å². The van der Waals surface area contributed by atoms with E-state index in [4.69, 9.17) is 0 Å². The fourth-order valence-electron chi connectivity index (χ4n) is 3.30. The lowest BCUT2D eigenvalue weighted by Gasteiger charge is -2.36. The predicted octanol–water partition coefficient (Wildman–Crippen LogP) is 2.12. The predicted molar refractivity (Wildman–Crippen MR) is 69.9 cm³/mol. The Morgan fingerprint density at radius 2 is 1.82 bits per heavy atom. The molecule has 0 aromatic rings. The topological polar surface area (TPSA) is 23.6 Å². The molecule has 3 heteroatoms. The third-order valence-electron chi connectivity index (χ3n) is 4.44. The fraction of sp³-hybridized carbons (Fsp3) is 0.929. The number of hydrogen-bond acceptors (Lipinski definition) is 2. The Labute approximate surface area is 105 Å². The molecule has 0 radical (unpaired) electrons. The molecule has 2 fully saturated rings. The van der Waals surface area contributed by atoms with Crippen molar-refractivity contribution in [2.45, 2.75) is 51.0 Å². The first-order chi connectivity index (χ1) is 8.18. The zero-order chi connectivity index (χ0) is 12.3. The molecule has 1 saturated carbocycles. The molecular formula is C14H26N2O. The van der Waals surface area contributed by atoms with Gasteiger partial charge in [0.25, 0.3) is 0 Å². The Morgan fingerprint density at radius 1 is 1.12 bits per heavy atom. The van der Waals surface area contributed by atoms with Crippen molar-refractivity contribution in [3.63, 3.8) is 0 Å². The number of piperidine rings is 1. The number of likely N-dealkylation sites (tertiary alicyclic amines) is 1. The molecule has 1 heterocycles. The van der Waals surface area contributed by atoms with Crippen LogP contribution >= 0.6 is 0 Å². The van der Waals surface area contributed by atoms with Gasteiger partial charge in [-0.05, 0) is 39.3 Å². The minimum atomic E-state index is 0.251. The van der Waals surface area contributed by atoms with Crippen molar-refractivity contribution in [3.8, 4) is 0 Å². The minimum Gasteiger partial charge on any atom is -0.342 e. The van der Waals surface area contributed by atoms with Crippen molar-refractivity contribution in [3.05, 3.63) is 0 Å². The van der Waals surface area contributed by atoms with Crippen molar-refractivity contribution in [2.24, 2.45) is 5.92 Å². The van der Waals surface area contributed by atoms with Crippen LogP contribution in [0.4, 0.5) is 0 Å². The monoisotopic (exact) mass is 238 g/mol. The summed E-state index contributed by atoms with van der Waals surface area (Å²) in [6.07, 6.45) is 8.63. The molecular weight excluding hydrogens is 212 g/mol. The molecule has 0 N–H and O–H groups in total. The van der Waals surface area contributed by atoms with E-state index in [1.165, 1.54) is 38.5 Å². The lowest BCUT2D eigenvalue weighted by Crippen LogP contribution is -2.46. The standard InChI is InChI=1S/C14H26N2O/c1-15-10-6-7-12(11-15)14(17)16(2)13-8-4-3-5-9-13/h12-13H,3-11H2,1-2H3. The largest absolute Gasteiger partial charge is 0.342 e. The number of carbonyl (C=O) groups is 1. The smallest absolute Gasteiger partial charge is 0.226 e. The summed E-state index contributed by atoms with van der Waals surface area (Å²) in [5.74, 6) is 0.643. The molecule has 0 aromatic carbocycles. The Morgan fingerprint density at radius 3 is 2.47 bits per heavy atom. The van der Waals surface area contributed by atoms with Gasteiger partial charge in [0.1, 0.15) is 0 Å². The van der Waals surface area contributed by atoms with E-state index >= 15 is 0 Å². The molecule has 1 saturated heterocycles. The molecule has 17 heavy (non-hydrogen) atoms. The molecule has 2 aliphatic rings. The van der Waals surface area contributed by atoms with Crippen LogP contribution < -0.4 is 0 Å². The third kappa shape index (κ3) is 3.21. The van der Waals surface area contributed by atoms with Crippen molar-refractivity contribution in [1.82, 2.24) is 9.80 Å². The van der Waals surface area contributed by atoms with Gasteiger partial charge in [0.2, 0.25) is 5.91 Å². The van der Waals surface area contributed by atoms with Crippen LogP contribution in [0.1, 0.15) is 44.9 Å². The average molecular weight is 238 g/mol. The normalized spacial score (nSPS) is 28.0. The molecule has 2 rings (SSSR count). The highest BCUT2D eigenvalue weighted by Crippen LogP contribution is 2.25. The Hall–Kier alpha value is -0.570. The Balaban J connectivity index is 1.89. The van der Waals surface area contributed by atoms with Gasteiger partial charge in [0.15, 0.2) is 0 Å². The van der Waals surface area contributed by atoms with Crippen LogP contribution in [0.3, 0.4) is 0 Å². The Kier molecular flexibility index (Phi) is 4.43. The maximum absolute atomic E-state index is 12.4. The van der Waals surface area contributed by atoms with Gasteiger partial charge in [-0.3, -0.25) is 4.79 Å². The van der Waals surface area contributed by atoms with E-state index in [1.54, 1.807) is 0 Å². The third-order valence-corrected chi connectivity index (χ3v) is 4.44. The van der Waals surface area contributed by atoms with E-state index in [2.05, 4.69) is 16.8 Å². The highest BCUT2D eigenvalue weighted by Gasteiger charge is 2.30. The minimum absolute atomic E-state index is 0.251. The lowest BCUT2D eigenvalue weighted by atomic mass is 9.92. The zero-order valence-electron chi connectivity index (χ0n) is 11.3. The highest BCUT2D eigenvalue weighted by atomic mass is 16.2. The van der Waals surface area contributed by atoms with E-state index in [1.807, 2.05) is 7.05 Å². The molecule has 1 amide bonds. The van der Waals surface area contributed by atoms with Crippen molar-refractivity contribution in [2.75, 3.05) is 27.2 Å². The van der Waals surface area contributed by atoms with Gasteiger partial charge in [-0.15, -0.1) is 0 Å². The summed E-state index contributed by atoms with van der Waals surface area (Å²) in [6, 6.07) is 0.517. The maximum atomic E-state index is 12.4. The van der Waals surface area contributed by atoms with Gasteiger partial charge in [-0.2, -0.15) is 0 Å². The van der Waals surface area contributed by atoms with Gasteiger partial charge in [-0.1, -0.05) is 19.3 Å². The van der Waals surface area contributed by atoms with E-state index in [0.717, 1.165) is 19.5 Å². The molecule has 3 nitrogen and oxygen atoms in total. The average Bonchev–Trinajstić information content (AvgIpc) is 2.38. The van der Waals surface area contributed by atoms with Crippen LogP contribution in [0.5, 0.6) is 0 Å². The Bertz CT molecular complexity index is 261. The van der Waals surface area contributed by atoms with E-state index in [-0.39, 0.29) is 5.92 Å². The number of carbonyl (C=O) groups excluding carboxylic acids is 1. The van der Waals surface area contributed by atoms with Crippen LogP contribution in [0.15, 0.2) is 0 Å². The second-order valence-corrected chi connectivity index (χ2v) is 5.84. The quantitative estimate of drug-likeness (QED) is 0.735. The van der Waals surface area contributed by atoms with Crippen molar-refractivity contribution < 1.29 is 4.79 Å². The summed E-state index contributed by atoms with van der Waals surface area (Å²) in [4.78, 5) is 16.8. The van der Waals surface area contributed by atoms with Gasteiger partial charge in [0.05, 0.1) is 5.92 Å². The lowest BCUT2D eigenvalue weighted by molar-refractivity contribution is -0.138.